The standard InChI is InChI=1S/C23H34N4O/c1-3-26-17-20(21-7-4-11-24-22(21)26)10-15-25-13-8-19(9-14-25)23(28)27-12-5-6-18(2)16-27/h4,7,11,17-19H,3,5-6,8-10,12-16H2,1-2H3/t18-/m0/s1. The van der Waals surface area contributed by atoms with Crippen molar-refractivity contribution in [3.05, 3.63) is 30.1 Å². The Bertz CT molecular complexity index is 806. The Morgan fingerprint density at radius 1 is 1.21 bits per heavy atom. The van der Waals surface area contributed by atoms with E-state index in [1.165, 1.54) is 23.8 Å². The van der Waals surface area contributed by atoms with Crippen LogP contribution in [0.15, 0.2) is 24.5 Å². The Balaban J connectivity index is 1.30. The van der Waals surface area contributed by atoms with Crippen LogP contribution in [0.2, 0.25) is 0 Å². The molecule has 2 saturated heterocycles. The summed E-state index contributed by atoms with van der Waals surface area (Å²) in [7, 11) is 0. The number of fused-ring (bicyclic) bond motifs is 1. The van der Waals surface area contributed by atoms with Crippen molar-refractivity contribution in [2.75, 3.05) is 32.7 Å². The van der Waals surface area contributed by atoms with Gasteiger partial charge in [0, 0.05) is 49.9 Å². The Morgan fingerprint density at radius 2 is 2.04 bits per heavy atom. The molecule has 152 valence electrons. The van der Waals surface area contributed by atoms with Crippen LogP contribution in [-0.4, -0.2) is 58.0 Å². The molecule has 0 aliphatic carbocycles. The van der Waals surface area contributed by atoms with E-state index in [1.807, 2.05) is 12.3 Å². The number of hydrogen-bond acceptors (Lipinski definition) is 3. The number of amides is 1. The number of pyridine rings is 1. The molecule has 5 heteroatoms. The highest BCUT2D eigenvalue weighted by Gasteiger charge is 2.30. The molecule has 4 rings (SSSR count). The highest BCUT2D eigenvalue weighted by molar-refractivity contribution is 5.80. The quantitative estimate of drug-likeness (QED) is 0.794. The number of likely N-dealkylation sites (tertiary alicyclic amines) is 2. The molecule has 2 aliphatic heterocycles. The van der Waals surface area contributed by atoms with Crippen molar-refractivity contribution in [3.8, 4) is 0 Å². The Morgan fingerprint density at radius 3 is 2.79 bits per heavy atom. The van der Waals surface area contributed by atoms with Gasteiger partial charge in [-0.15, -0.1) is 0 Å². The number of rotatable bonds is 5. The van der Waals surface area contributed by atoms with Gasteiger partial charge in [-0.2, -0.15) is 0 Å². The number of aryl methyl sites for hydroxylation is 1. The molecule has 0 unspecified atom stereocenters. The predicted molar refractivity (Wildman–Crippen MR) is 113 cm³/mol. The van der Waals surface area contributed by atoms with Gasteiger partial charge in [-0.1, -0.05) is 6.92 Å². The fourth-order valence-corrected chi connectivity index (χ4v) is 4.97. The summed E-state index contributed by atoms with van der Waals surface area (Å²) in [5.41, 5.74) is 2.49. The van der Waals surface area contributed by atoms with Gasteiger partial charge in [0.2, 0.25) is 5.91 Å². The fraction of sp³-hybridized carbons (Fsp3) is 0.652. The third-order valence-electron chi connectivity index (χ3n) is 6.66. The second-order valence-electron chi connectivity index (χ2n) is 8.71. The molecule has 2 aliphatic rings. The molecule has 0 N–H and O–H groups in total. The zero-order valence-corrected chi connectivity index (χ0v) is 17.4. The van der Waals surface area contributed by atoms with Crippen LogP contribution in [0, 0.1) is 11.8 Å². The first kappa shape index (κ1) is 19.4. The molecule has 0 spiro atoms. The maximum Gasteiger partial charge on any atom is 0.225 e. The maximum absolute atomic E-state index is 12.9. The molecule has 5 nitrogen and oxygen atoms in total. The average Bonchev–Trinajstić information content (AvgIpc) is 3.10. The molecule has 1 amide bonds. The van der Waals surface area contributed by atoms with Crippen LogP contribution in [0.4, 0.5) is 0 Å². The minimum absolute atomic E-state index is 0.243. The van der Waals surface area contributed by atoms with E-state index in [-0.39, 0.29) is 5.92 Å². The minimum atomic E-state index is 0.243. The Kier molecular flexibility index (Phi) is 6.00. The molecule has 0 aromatic carbocycles. The monoisotopic (exact) mass is 382 g/mol. The number of aromatic nitrogens is 2. The SMILES string of the molecule is CCn1cc(CCN2CCC(C(=O)N3CCC[C@H](C)C3)CC2)c2cccnc21. The summed E-state index contributed by atoms with van der Waals surface area (Å²) >= 11 is 0. The molecule has 4 heterocycles. The lowest BCUT2D eigenvalue weighted by Crippen LogP contribution is -2.46. The largest absolute Gasteiger partial charge is 0.342 e. The molecule has 28 heavy (non-hydrogen) atoms. The van der Waals surface area contributed by atoms with E-state index >= 15 is 0 Å². The number of piperidine rings is 2. The second kappa shape index (κ2) is 8.64. The summed E-state index contributed by atoms with van der Waals surface area (Å²) in [6.45, 7) is 10.5. The van der Waals surface area contributed by atoms with Gasteiger partial charge in [-0.25, -0.2) is 4.98 Å². The molecular formula is C23H34N4O. The summed E-state index contributed by atoms with van der Waals surface area (Å²) in [5, 5.41) is 1.29. The smallest absolute Gasteiger partial charge is 0.225 e. The normalized spacial score (nSPS) is 22.1. The van der Waals surface area contributed by atoms with Gasteiger partial charge in [0.15, 0.2) is 0 Å². The van der Waals surface area contributed by atoms with Crippen LogP contribution in [0.3, 0.4) is 0 Å². The van der Waals surface area contributed by atoms with E-state index in [0.29, 0.717) is 11.8 Å². The summed E-state index contributed by atoms with van der Waals surface area (Å²) in [6, 6.07) is 4.22. The number of carbonyl (C=O) groups excluding carboxylic acids is 1. The van der Waals surface area contributed by atoms with E-state index in [9.17, 15) is 4.79 Å². The second-order valence-corrected chi connectivity index (χ2v) is 8.71. The molecule has 2 aromatic rings. The highest BCUT2D eigenvalue weighted by Crippen LogP contribution is 2.25. The van der Waals surface area contributed by atoms with Crippen LogP contribution >= 0.6 is 0 Å². The van der Waals surface area contributed by atoms with Crippen molar-refractivity contribution in [3.63, 3.8) is 0 Å². The van der Waals surface area contributed by atoms with Gasteiger partial charge >= 0.3 is 0 Å². The molecular weight excluding hydrogens is 348 g/mol. The van der Waals surface area contributed by atoms with Crippen LogP contribution in [-0.2, 0) is 17.8 Å². The van der Waals surface area contributed by atoms with Crippen LogP contribution in [0.5, 0.6) is 0 Å². The summed E-state index contributed by atoms with van der Waals surface area (Å²) in [6.07, 6.45) is 9.67. The van der Waals surface area contributed by atoms with E-state index in [4.69, 9.17) is 0 Å². The molecule has 2 fully saturated rings. The maximum atomic E-state index is 12.9. The van der Waals surface area contributed by atoms with Crippen molar-refractivity contribution in [2.24, 2.45) is 11.8 Å². The highest BCUT2D eigenvalue weighted by atomic mass is 16.2. The van der Waals surface area contributed by atoms with Gasteiger partial charge < -0.3 is 14.4 Å². The first-order valence-electron chi connectivity index (χ1n) is 11.1. The van der Waals surface area contributed by atoms with Crippen LogP contribution < -0.4 is 0 Å². The molecule has 0 radical (unpaired) electrons. The average molecular weight is 383 g/mol. The van der Waals surface area contributed by atoms with Crippen molar-refractivity contribution >= 4 is 16.9 Å². The topological polar surface area (TPSA) is 41.4 Å². The predicted octanol–water partition coefficient (Wildman–Crippen LogP) is 3.57. The summed E-state index contributed by atoms with van der Waals surface area (Å²) in [5.74, 6) is 1.33. The van der Waals surface area contributed by atoms with Gasteiger partial charge in [-0.3, -0.25) is 4.79 Å². The number of hydrogen-bond donors (Lipinski definition) is 0. The Hall–Kier alpha value is -1.88. The minimum Gasteiger partial charge on any atom is -0.342 e. The number of carbonyl (C=O) groups is 1. The first-order valence-corrected chi connectivity index (χ1v) is 11.1. The van der Waals surface area contributed by atoms with Crippen molar-refractivity contribution < 1.29 is 4.79 Å². The van der Waals surface area contributed by atoms with Crippen LogP contribution in [0.1, 0.15) is 45.1 Å². The lowest BCUT2D eigenvalue weighted by atomic mass is 9.92. The van der Waals surface area contributed by atoms with E-state index in [1.54, 1.807) is 0 Å². The number of nitrogens with zero attached hydrogens (tertiary/aromatic N) is 4. The fourth-order valence-electron chi connectivity index (χ4n) is 4.97. The van der Waals surface area contributed by atoms with E-state index in [0.717, 1.165) is 64.2 Å². The first-order chi connectivity index (χ1) is 13.7. The van der Waals surface area contributed by atoms with Gasteiger partial charge in [0.25, 0.3) is 0 Å². The van der Waals surface area contributed by atoms with Crippen molar-refractivity contribution in [1.29, 1.82) is 0 Å². The van der Waals surface area contributed by atoms with E-state index < -0.39 is 0 Å². The zero-order valence-electron chi connectivity index (χ0n) is 17.4. The van der Waals surface area contributed by atoms with E-state index in [2.05, 4.69) is 45.5 Å². The molecule has 2 aromatic heterocycles. The Labute approximate surface area is 168 Å². The zero-order chi connectivity index (χ0) is 19.5. The van der Waals surface area contributed by atoms with Gasteiger partial charge in [-0.05, 0) is 75.7 Å². The molecule has 0 saturated carbocycles. The third-order valence-corrected chi connectivity index (χ3v) is 6.66. The van der Waals surface area contributed by atoms with Gasteiger partial charge in [0.1, 0.15) is 5.65 Å². The molecule has 0 bridgehead atoms. The summed E-state index contributed by atoms with van der Waals surface area (Å²) < 4.78 is 2.25. The molecule has 1 atom stereocenters. The lowest BCUT2D eigenvalue weighted by Gasteiger charge is -2.37. The third kappa shape index (κ3) is 4.09. The lowest BCUT2D eigenvalue weighted by molar-refractivity contribution is -0.138. The summed E-state index contributed by atoms with van der Waals surface area (Å²) in [4.78, 5) is 22.1. The van der Waals surface area contributed by atoms with Gasteiger partial charge in [0.05, 0.1) is 0 Å². The van der Waals surface area contributed by atoms with Crippen molar-refractivity contribution in [1.82, 2.24) is 19.4 Å². The van der Waals surface area contributed by atoms with Crippen LogP contribution in [0.25, 0.3) is 11.0 Å². The van der Waals surface area contributed by atoms with Crippen molar-refractivity contribution in [2.45, 2.75) is 52.5 Å².